The summed E-state index contributed by atoms with van der Waals surface area (Å²) in [4.78, 5) is 39.2. The van der Waals surface area contributed by atoms with Crippen LogP contribution in [0.3, 0.4) is 0 Å². The van der Waals surface area contributed by atoms with Gasteiger partial charge < -0.3 is 5.32 Å². The topological polar surface area (TPSA) is 86.0 Å². The summed E-state index contributed by atoms with van der Waals surface area (Å²) in [6.45, 7) is 1.98. The van der Waals surface area contributed by atoms with Crippen LogP contribution in [-0.4, -0.2) is 20.3 Å². The van der Waals surface area contributed by atoms with E-state index < -0.39 is 22.9 Å². The van der Waals surface area contributed by atoms with Gasteiger partial charge in [0.2, 0.25) is 5.69 Å². The number of benzene rings is 3. The Bertz CT molecular complexity index is 1410. The molecule has 0 unspecified atom stereocenters. The lowest BCUT2D eigenvalue weighted by Crippen LogP contribution is -2.46. The smallest absolute Gasteiger partial charge is 0.346 e. The average molecular weight is 444 g/mol. The minimum absolute atomic E-state index is 0.00700. The van der Waals surface area contributed by atoms with E-state index in [2.05, 4.69) is 10.4 Å². The fourth-order valence-corrected chi connectivity index (χ4v) is 3.40. The largest absolute Gasteiger partial charge is 0.352 e. The predicted octanol–water partition coefficient (Wildman–Crippen LogP) is 2.82. The van der Waals surface area contributed by atoms with Crippen LogP contribution in [0.2, 0.25) is 0 Å². The molecule has 0 saturated carbocycles. The van der Waals surface area contributed by atoms with Crippen molar-refractivity contribution in [2.24, 2.45) is 0 Å². The first-order valence-electron chi connectivity index (χ1n) is 10.3. The summed E-state index contributed by atoms with van der Waals surface area (Å²) >= 11 is 0. The second-order valence-corrected chi connectivity index (χ2v) is 7.57. The molecule has 1 N–H and O–H groups in total. The molecule has 8 heteroatoms. The number of nitrogens with zero attached hydrogens (tertiary/aromatic N) is 3. The number of aromatic nitrogens is 3. The minimum Gasteiger partial charge on any atom is -0.346 e. The fraction of sp³-hybridized carbons (Fsp3) is 0.120. The monoisotopic (exact) mass is 444 g/mol. The molecule has 0 atom stereocenters. The van der Waals surface area contributed by atoms with Gasteiger partial charge in [-0.25, -0.2) is 9.18 Å². The third kappa shape index (κ3) is 4.95. The fourth-order valence-electron chi connectivity index (χ4n) is 3.40. The van der Waals surface area contributed by atoms with E-state index in [4.69, 9.17) is 0 Å². The zero-order valence-corrected chi connectivity index (χ0v) is 17.9. The van der Waals surface area contributed by atoms with Crippen molar-refractivity contribution in [3.63, 3.8) is 0 Å². The van der Waals surface area contributed by atoms with Gasteiger partial charge in [0.15, 0.2) is 0 Å². The van der Waals surface area contributed by atoms with Crippen molar-refractivity contribution in [1.82, 2.24) is 19.7 Å². The molecule has 4 aromatic rings. The summed E-state index contributed by atoms with van der Waals surface area (Å²) in [6.07, 6.45) is 0. The molecule has 1 heterocycles. The van der Waals surface area contributed by atoms with Gasteiger partial charge in [-0.05, 0) is 42.3 Å². The normalized spacial score (nSPS) is 10.7. The molecule has 0 radical (unpaired) electrons. The van der Waals surface area contributed by atoms with Crippen LogP contribution in [0, 0.1) is 12.7 Å². The molecule has 4 rings (SSSR count). The van der Waals surface area contributed by atoms with E-state index in [1.54, 1.807) is 36.4 Å². The van der Waals surface area contributed by atoms with Crippen LogP contribution >= 0.6 is 0 Å². The van der Waals surface area contributed by atoms with Gasteiger partial charge in [-0.15, -0.1) is 0 Å². The number of aryl methyl sites for hydroxylation is 1. The van der Waals surface area contributed by atoms with E-state index in [0.29, 0.717) is 11.3 Å². The lowest BCUT2D eigenvalue weighted by molar-refractivity contribution is 0.0941. The number of carbonyl (C=O) groups excluding carboxylic acids is 1. The first-order valence-corrected chi connectivity index (χ1v) is 10.3. The van der Waals surface area contributed by atoms with Crippen LogP contribution in [0.15, 0.2) is 88.5 Å². The highest BCUT2D eigenvalue weighted by Crippen LogP contribution is 2.07. The van der Waals surface area contributed by atoms with Crippen LogP contribution in [0.5, 0.6) is 0 Å². The summed E-state index contributed by atoms with van der Waals surface area (Å²) in [5.74, 6) is -1.12. The quantitative estimate of drug-likeness (QED) is 0.496. The summed E-state index contributed by atoms with van der Waals surface area (Å²) in [5.41, 5.74) is 0.962. The maximum absolute atomic E-state index is 13.2. The zero-order chi connectivity index (χ0) is 23.4. The maximum Gasteiger partial charge on any atom is 0.352 e. The van der Waals surface area contributed by atoms with Crippen molar-refractivity contribution in [2.75, 3.05) is 0 Å². The van der Waals surface area contributed by atoms with Gasteiger partial charge in [0.1, 0.15) is 5.82 Å². The van der Waals surface area contributed by atoms with E-state index in [0.717, 1.165) is 20.4 Å². The van der Waals surface area contributed by atoms with Gasteiger partial charge in [-0.1, -0.05) is 60.2 Å². The Morgan fingerprint density at radius 3 is 2.36 bits per heavy atom. The molecular formula is C25H21FN4O3. The SMILES string of the molecule is Cc1cccc(Cn2c(=O)c(C(=O)NCc3ccc(F)cc3)nn(-c3ccccc3)c2=O)c1. The van der Waals surface area contributed by atoms with E-state index in [-0.39, 0.29) is 18.9 Å². The summed E-state index contributed by atoms with van der Waals surface area (Å²) in [5, 5.41) is 6.71. The average Bonchev–Trinajstić information content (AvgIpc) is 2.82. The zero-order valence-electron chi connectivity index (χ0n) is 17.9. The lowest BCUT2D eigenvalue weighted by atomic mass is 10.1. The summed E-state index contributed by atoms with van der Waals surface area (Å²) in [6, 6.07) is 21.6. The third-order valence-electron chi connectivity index (χ3n) is 5.07. The highest BCUT2D eigenvalue weighted by molar-refractivity contribution is 5.91. The Labute approximate surface area is 188 Å². The molecule has 1 amide bonds. The molecule has 0 aliphatic carbocycles. The Morgan fingerprint density at radius 1 is 0.939 bits per heavy atom. The predicted molar refractivity (Wildman–Crippen MR) is 122 cm³/mol. The number of hydrogen-bond acceptors (Lipinski definition) is 4. The maximum atomic E-state index is 13.2. The number of amides is 1. The summed E-state index contributed by atoms with van der Waals surface area (Å²) < 4.78 is 15.2. The van der Waals surface area contributed by atoms with E-state index >= 15 is 0 Å². The van der Waals surface area contributed by atoms with Crippen molar-refractivity contribution in [3.05, 3.63) is 128 Å². The van der Waals surface area contributed by atoms with Gasteiger partial charge >= 0.3 is 5.69 Å². The summed E-state index contributed by atoms with van der Waals surface area (Å²) in [7, 11) is 0. The van der Waals surface area contributed by atoms with E-state index in [1.165, 1.54) is 24.3 Å². The minimum atomic E-state index is -0.787. The van der Waals surface area contributed by atoms with Gasteiger partial charge in [-0.3, -0.25) is 14.2 Å². The first-order chi connectivity index (χ1) is 15.9. The molecule has 1 aromatic heterocycles. The van der Waals surface area contributed by atoms with Gasteiger partial charge in [0.25, 0.3) is 11.5 Å². The van der Waals surface area contributed by atoms with Crippen LogP contribution in [-0.2, 0) is 13.1 Å². The third-order valence-corrected chi connectivity index (χ3v) is 5.07. The second kappa shape index (κ2) is 9.44. The number of halogens is 1. The Hall–Kier alpha value is -4.33. The standard InChI is InChI=1S/C25H21FN4O3/c1-17-6-5-7-19(14-17)16-29-24(32)22(23(31)27-15-18-10-12-20(26)13-11-18)28-30(25(29)33)21-8-3-2-4-9-21/h2-14H,15-16H2,1H3,(H,27,31). The van der Waals surface area contributed by atoms with Crippen LogP contribution in [0.1, 0.15) is 27.2 Å². The molecule has 0 bridgehead atoms. The lowest BCUT2D eigenvalue weighted by Gasteiger charge is -2.12. The molecule has 166 valence electrons. The van der Waals surface area contributed by atoms with Gasteiger partial charge in [0, 0.05) is 6.54 Å². The van der Waals surface area contributed by atoms with Crippen molar-refractivity contribution in [3.8, 4) is 5.69 Å². The molecule has 3 aromatic carbocycles. The van der Waals surface area contributed by atoms with Crippen LogP contribution in [0.4, 0.5) is 4.39 Å². The van der Waals surface area contributed by atoms with Crippen LogP contribution < -0.4 is 16.6 Å². The Balaban J connectivity index is 1.75. The van der Waals surface area contributed by atoms with Gasteiger partial charge in [-0.2, -0.15) is 9.78 Å². The number of nitrogens with one attached hydrogen (secondary N) is 1. The van der Waals surface area contributed by atoms with Crippen molar-refractivity contribution < 1.29 is 9.18 Å². The number of carbonyl (C=O) groups is 1. The molecule has 0 saturated heterocycles. The molecule has 0 spiro atoms. The Kier molecular flexibility index (Phi) is 6.26. The highest BCUT2D eigenvalue weighted by atomic mass is 19.1. The van der Waals surface area contributed by atoms with Crippen molar-refractivity contribution in [2.45, 2.75) is 20.0 Å². The number of rotatable bonds is 6. The van der Waals surface area contributed by atoms with Gasteiger partial charge in [0.05, 0.1) is 12.2 Å². The molecular weight excluding hydrogens is 423 g/mol. The number of hydrogen-bond donors (Lipinski definition) is 1. The molecule has 7 nitrogen and oxygen atoms in total. The van der Waals surface area contributed by atoms with Crippen LogP contribution in [0.25, 0.3) is 5.69 Å². The van der Waals surface area contributed by atoms with E-state index in [1.807, 2.05) is 25.1 Å². The second-order valence-electron chi connectivity index (χ2n) is 7.57. The molecule has 0 aliphatic heterocycles. The van der Waals surface area contributed by atoms with Crippen molar-refractivity contribution >= 4 is 5.91 Å². The number of para-hydroxylation sites is 1. The van der Waals surface area contributed by atoms with E-state index in [9.17, 15) is 18.8 Å². The molecule has 0 fully saturated rings. The van der Waals surface area contributed by atoms with Crippen molar-refractivity contribution in [1.29, 1.82) is 0 Å². The first kappa shape index (κ1) is 21.9. The Morgan fingerprint density at radius 2 is 1.67 bits per heavy atom. The highest BCUT2D eigenvalue weighted by Gasteiger charge is 2.20. The molecule has 0 aliphatic rings. The molecule has 33 heavy (non-hydrogen) atoms.